The van der Waals surface area contributed by atoms with Gasteiger partial charge in [0.05, 0.1) is 0 Å². The first-order chi connectivity index (χ1) is 5.34. The van der Waals surface area contributed by atoms with Gasteiger partial charge in [0.25, 0.3) is 0 Å². The Morgan fingerprint density at radius 2 is 1.75 bits per heavy atom. The summed E-state index contributed by atoms with van der Waals surface area (Å²) in [7, 11) is 0. The second kappa shape index (κ2) is 3.02. The Morgan fingerprint density at radius 3 is 1.92 bits per heavy atom. The summed E-state index contributed by atoms with van der Waals surface area (Å²) in [6.07, 6.45) is 1.38. The minimum absolute atomic E-state index is 0.455. The Hall–Kier alpha value is -0.0400. The average Bonchev–Trinajstić information content (AvgIpc) is 1.78. The zero-order valence-corrected chi connectivity index (χ0v) is 9.39. The van der Waals surface area contributed by atoms with Crippen molar-refractivity contribution in [3.63, 3.8) is 0 Å². The Kier molecular flexibility index (Phi) is 2.53. The highest BCUT2D eigenvalue weighted by molar-refractivity contribution is 4.97. The summed E-state index contributed by atoms with van der Waals surface area (Å²) in [6.45, 7) is 14.0. The van der Waals surface area contributed by atoms with Gasteiger partial charge in [-0.15, -0.1) is 0 Å². The van der Waals surface area contributed by atoms with E-state index in [2.05, 4.69) is 46.4 Å². The van der Waals surface area contributed by atoms with Crippen LogP contribution in [0.5, 0.6) is 0 Å². The fourth-order valence-corrected chi connectivity index (χ4v) is 2.41. The quantitative estimate of drug-likeness (QED) is 0.583. The van der Waals surface area contributed by atoms with E-state index in [1.54, 1.807) is 0 Å². The van der Waals surface area contributed by atoms with Crippen molar-refractivity contribution in [1.82, 2.24) is 4.90 Å². The third-order valence-electron chi connectivity index (χ3n) is 3.03. The minimum atomic E-state index is 0.455. The molecule has 0 aromatic carbocycles. The second-order valence-electron chi connectivity index (χ2n) is 5.51. The van der Waals surface area contributed by atoms with Gasteiger partial charge in [-0.1, -0.05) is 20.8 Å². The molecule has 2 unspecified atom stereocenters. The monoisotopic (exact) mass is 169 g/mol. The lowest BCUT2D eigenvalue weighted by molar-refractivity contribution is -0.0599. The van der Waals surface area contributed by atoms with Crippen LogP contribution in [0, 0.1) is 5.41 Å². The lowest BCUT2D eigenvalue weighted by Gasteiger charge is -2.55. The Bertz CT molecular complexity index is 150. The Balaban J connectivity index is 2.60. The SMILES string of the molecule is CC(C)N1C(C)CC1C(C)(C)C. The molecule has 0 saturated carbocycles. The molecule has 1 fully saturated rings. The first-order valence-corrected chi connectivity index (χ1v) is 5.11. The van der Waals surface area contributed by atoms with Crippen LogP contribution in [-0.4, -0.2) is 23.0 Å². The van der Waals surface area contributed by atoms with Crippen molar-refractivity contribution >= 4 is 0 Å². The Labute approximate surface area is 77.1 Å². The van der Waals surface area contributed by atoms with E-state index in [0.717, 1.165) is 12.1 Å². The summed E-state index contributed by atoms with van der Waals surface area (Å²) >= 11 is 0. The molecule has 72 valence electrons. The van der Waals surface area contributed by atoms with Crippen molar-refractivity contribution < 1.29 is 0 Å². The summed E-state index contributed by atoms with van der Waals surface area (Å²) in [5.74, 6) is 0. The van der Waals surface area contributed by atoms with Crippen LogP contribution in [-0.2, 0) is 0 Å². The predicted octanol–water partition coefficient (Wildman–Crippen LogP) is 2.90. The highest BCUT2D eigenvalue weighted by Gasteiger charge is 2.43. The van der Waals surface area contributed by atoms with Gasteiger partial charge in [0.15, 0.2) is 0 Å². The number of nitrogens with zero attached hydrogens (tertiary/aromatic N) is 1. The lowest BCUT2D eigenvalue weighted by atomic mass is 9.75. The van der Waals surface area contributed by atoms with Gasteiger partial charge in [-0.2, -0.15) is 0 Å². The summed E-state index contributed by atoms with van der Waals surface area (Å²) in [6, 6.07) is 2.31. The van der Waals surface area contributed by atoms with Gasteiger partial charge in [-0.25, -0.2) is 0 Å². The second-order valence-corrected chi connectivity index (χ2v) is 5.51. The predicted molar refractivity (Wildman–Crippen MR) is 54.3 cm³/mol. The molecule has 1 heterocycles. The fraction of sp³-hybridized carbons (Fsp3) is 1.00. The number of rotatable bonds is 1. The number of likely N-dealkylation sites (tertiary alicyclic amines) is 1. The maximum absolute atomic E-state index is 2.64. The molecule has 0 amide bonds. The molecule has 1 rings (SSSR count). The van der Waals surface area contributed by atoms with Gasteiger partial charge in [-0.05, 0) is 32.6 Å². The molecule has 0 spiro atoms. The Morgan fingerprint density at radius 1 is 1.25 bits per heavy atom. The third kappa shape index (κ3) is 1.66. The van der Waals surface area contributed by atoms with Crippen molar-refractivity contribution in [3.8, 4) is 0 Å². The first-order valence-electron chi connectivity index (χ1n) is 5.11. The highest BCUT2D eigenvalue weighted by Crippen LogP contribution is 2.39. The summed E-state index contributed by atoms with van der Waals surface area (Å²) < 4.78 is 0. The zero-order valence-electron chi connectivity index (χ0n) is 9.39. The fourth-order valence-electron chi connectivity index (χ4n) is 2.41. The van der Waals surface area contributed by atoms with Crippen LogP contribution in [0.25, 0.3) is 0 Å². The van der Waals surface area contributed by atoms with E-state index in [0.29, 0.717) is 11.5 Å². The van der Waals surface area contributed by atoms with Crippen LogP contribution < -0.4 is 0 Å². The molecule has 1 aliphatic heterocycles. The molecule has 0 aromatic rings. The van der Waals surface area contributed by atoms with Crippen molar-refractivity contribution in [2.45, 2.75) is 66.1 Å². The molecule has 1 nitrogen and oxygen atoms in total. The van der Waals surface area contributed by atoms with Crippen LogP contribution in [0.4, 0.5) is 0 Å². The normalized spacial score (nSPS) is 32.2. The van der Waals surface area contributed by atoms with Crippen molar-refractivity contribution in [1.29, 1.82) is 0 Å². The maximum Gasteiger partial charge on any atom is 0.0164 e. The number of hydrogen-bond donors (Lipinski definition) is 0. The van der Waals surface area contributed by atoms with E-state index in [4.69, 9.17) is 0 Å². The van der Waals surface area contributed by atoms with Crippen LogP contribution in [0.15, 0.2) is 0 Å². The number of hydrogen-bond acceptors (Lipinski definition) is 1. The van der Waals surface area contributed by atoms with Crippen molar-refractivity contribution in [2.24, 2.45) is 5.41 Å². The largest absolute Gasteiger partial charge is 0.295 e. The summed E-state index contributed by atoms with van der Waals surface area (Å²) in [5.41, 5.74) is 0.455. The van der Waals surface area contributed by atoms with Gasteiger partial charge in [0, 0.05) is 18.1 Å². The smallest absolute Gasteiger partial charge is 0.0164 e. The van der Waals surface area contributed by atoms with Crippen LogP contribution in [0.3, 0.4) is 0 Å². The lowest BCUT2D eigenvalue weighted by Crippen LogP contribution is -2.62. The van der Waals surface area contributed by atoms with E-state index in [-0.39, 0.29) is 0 Å². The molecule has 1 aliphatic rings. The molecular weight excluding hydrogens is 146 g/mol. The van der Waals surface area contributed by atoms with Gasteiger partial charge in [0.1, 0.15) is 0 Å². The molecule has 0 aromatic heterocycles. The van der Waals surface area contributed by atoms with E-state index >= 15 is 0 Å². The van der Waals surface area contributed by atoms with Crippen LogP contribution in [0.2, 0.25) is 0 Å². The molecule has 12 heavy (non-hydrogen) atoms. The van der Waals surface area contributed by atoms with Gasteiger partial charge in [0.2, 0.25) is 0 Å². The third-order valence-corrected chi connectivity index (χ3v) is 3.03. The maximum atomic E-state index is 2.64. The standard InChI is InChI=1S/C11H23N/c1-8(2)12-9(3)7-10(12)11(4,5)6/h8-10H,7H2,1-6H3. The first kappa shape index (κ1) is 10.0. The molecule has 0 aliphatic carbocycles. The molecule has 1 heteroatoms. The van der Waals surface area contributed by atoms with Crippen LogP contribution >= 0.6 is 0 Å². The van der Waals surface area contributed by atoms with E-state index < -0.39 is 0 Å². The zero-order chi connectivity index (χ0) is 9.52. The molecule has 0 bridgehead atoms. The van der Waals surface area contributed by atoms with Crippen LogP contribution in [0.1, 0.15) is 48.0 Å². The summed E-state index contributed by atoms with van der Waals surface area (Å²) in [5, 5.41) is 0. The molecule has 2 atom stereocenters. The highest BCUT2D eigenvalue weighted by atomic mass is 15.3. The molecule has 1 saturated heterocycles. The van der Waals surface area contributed by atoms with E-state index in [1.165, 1.54) is 6.42 Å². The van der Waals surface area contributed by atoms with E-state index in [9.17, 15) is 0 Å². The summed E-state index contributed by atoms with van der Waals surface area (Å²) in [4.78, 5) is 2.64. The molecular formula is C11H23N. The molecule has 0 N–H and O–H groups in total. The van der Waals surface area contributed by atoms with Crippen molar-refractivity contribution in [2.75, 3.05) is 0 Å². The topological polar surface area (TPSA) is 3.24 Å². The van der Waals surface area contributed by atoms with Crippen molar-refractivity contribution in [3.05, 3.63) is 0 Å². The average molecular weight is 169 g/mol. The van der Waals surface area contributed by atoms with Gasteiger partial charge in [-0.3, -0.25) is 4.90 Å². The van der Waals surface area contributed by atoms with Gasteiger partial charge >= 0.3 is 0 Å². The molecule has 0 radical (unpaired) electrons. The minimum Gasteiger partial charge on any atom is -0.295 e. The van der Waals surface area contributed by atoms with Gasteiger partial charge < -0.3 is 0 Å². The van der Waals surface area contributed by atoms with E-state index in [1.807, 2.05) is 0 Å².